The van der Waals surface area contributed by atoms with E-state index in [1.165, 1.54) is 52.3 Å². The summed E-state index contributed by atoms with van der Waals surface area (Å²) in [6.45, 7) is 4.29. The van der Waals surface area contributed by atoms with Crippen molar-refractivity contribution in [3.05, 3.63) is 121 Å². The van der Waals surface area contributed by atoms with Crippen LogP contribution in [0.15, 0.2) is 115 Å². The molecule has 1 aliphatic carbocycles. The maximum atomic E-state index is 6.11. The van der Waals surface area contributed by atoms with Gasteiger partial charge in [0.2, 0.25) is 0 Å². The van der Waals surface area contributed by atoms with Gasteiger partial charge in [0, 0.05) is 15.5 Å². The van der Waals surface area contributed by atoms with Crippen molar-refractivity contribution in [3.63, 3.8) is 0 Å². The number of hydrogen-bond donors (Lipinski definition) is 1. The van der Waals surface area contributed by atoms with Gasteiger partial charge in [-0.25, -0.2) is 0 Å². The van der Waals surface area contributed by atoms with Gasteiger partial charge in [-0.1, -0.05) is 97.2 Å². The van der Waals surface area contributed by atoms with Crippen molar-refractivity contribution in [2.75, 3.05) is 5.73 Å². The van der Waals surface area contributed by atoms with E-state index in [-0.39, 0.29) is 0 Å². The number of anilines is 1. The van der Waals surface area contributed by atoms with Crippen LogP contribution in [-0.2, 0) is 0 Å². The number of benzene rings is 4. The van der Waals surface area contributed by atoms with Crippen LogP contribution in [0.3, 0.4) is 0 Å². The van der Waals surface area contributed by atoms with Crippen LogP contribution in [0.4, 0.5) is 5.69 Å². The first-order valence-electron chi connectivity index (χ1n) is 11.9. The molecule has 4 aromatic rings. The molecule has 4 aromatic carbocycles. The van der Waals surface area contributed by atoms with Gasteiger partial charge in [-0.15, -0.1) is 0 Å². The summed E-state index contributed by atoms with van der Waals surface area (Å²) in [5.41, 5.74) is 13.1. The van der Waals surface area contributed by atoms with Crippen molar-refractivity contribution >= 4 is 38.7 Å². The number of para-hydroxylation sites is 1. The summed E-state index contributed by atoms with van der Waals surface area (Å²) in [6.07, 6.45) is 11.9. The van der Waals surface area contributed by atoms with Crippen LogP contribution in [-0.4, -0.2) is 0 Å². The van der Waals surface area contributed by atoms with E-state index >= 15 is 0 Å². The summed E-state index contributed by atoms with van der Waals surface area (Å²) in [7, 11) is 0. The van der Waals surface area contributed by atoms with Crippen LogP contribution in [0, 0.1) is 0 Å². The third kappa shape index (κ3) is 5.03. The first-order valence-corrected chi connectivity index (χ1v) is 12.7. The van der Waals surface area contributed by atoms with Gasteiger partial charge in [0.15, 0.2) is 0 Å². The molecule has 0 saturated heterocycles. The highest BCUT2D eigenvalue weighted by atomic mass is 32.2. The molecule has 0 fully saturated rings. The zero-order chi connectivity index (χ0) is 23.3. The number of allylic oxidation sites excluding steroid dienone is 4. The molecule has 0 aliphatic heterocycles. The minimum absolute atomic E-state index is 0.784. The Morgan fingerprint density at radius 2 is 1.44 bits per heavy atom. The predicted molar refractivity (Wildman–Crippen MR) is 151 cm³/mol. The second-order valence-corrected chi connectivity index (χ2v) is 9.90. The van der Waals surface area contributed by atoms with Crippen molar-refractivity contribution < 1.29 is 0 Å². The average molecular weight is 460 g/mol. The maximum absolute atomic E-state index is 6.11. The lowest BCUT2D eigenvalue weighted by atomic mass is 9.96. The summed E-state index contributed by atoms with van der Waals surface area (Å²) in [4.78, 5) is 2.04. The highest BCUT2D eigenvalue weighted by molar-refractivity contribution is 8.08. The van der Waals surface area contributed by atoms with Crippen molar-refractivity contribution in [1.82, 2.24) is 0 Å². The summed E-state index contributed by atoms with van der Waals surface area (Å²) < 4.78 is 0. The Kier molecular flexibility index (Phi) is 6.69. The normalized spacial score (nSPS) is 13.8. The molecule has 0 heterocycles. The quantitative estimate of drug-likeness (QED) is 0.238. The minimum atomic E-state index is 0.784. The van der Waals surface area contributed by atoms with Gasteiger partial charge in [-0.3, -0.25) is 0 Å². The second-order valence-electron chi connectivity index (χ2n) is 8.76. The monoisotopic (exact) mass is 459 g/mol. The predicted octanol–water partition coefficient (Wildman–Crippen LogP) is 9.37. The van der Waals surface area contributed by atoms with Gasteiger partial charge < -0.3 is 5.73 Å². The zero-order valence-electron chi connectivity index (χ0n) is 19.3. The molecule has 0 unspecified atom stereocenters. The Morgan fingerprint density at radius 3 is 2.29 bits per heavy atom. The van der Waals surface area contributed by atoms with Crippen molar-refractivity contribution in [1.29, 1.82) is 0 Å². The standard InChI is InChI=1S/C32H29NS/c1-23(34-32-12-8-7-11-31(32)33)27-17-18-30-22-28(19-20-29(30)21-27)26-15-13-25(14-16-26)24-9-5-3-2-4-6-10-24/h5,7-22H,1-4,6,33H2. The van der Waals surface area contributed by atoms with Crippen molar-refractivity contribution in [2.24, 2.45) is 0 Å². The molecule has 168 valence electrons. The Labute approximate surface area is 206 Å². The van der Waals surface area contributed by atoms with Crippen LogP contribution in [0.1, 0.15) is 36.8 Å². The van der Waals surface area contributed by atoms with Crippen LogP contribution in [0.2, 0.25) is 0 Å². The zero-order valence-corrected chi connectivity index (χ0v) is 20.2. The van der Waals surface area contributed by atoms with E-state index in [0.717, 1.165) is 27.5 Å². The van der Waals surface area contributed by atoms with Gasteiger partial charge in [0.05, 0.1) is 0 Å². The molecule has 2 N–H and O–H groups in total. The second kappa shape index (κ2) is 10.2. The fraction of sp³-hybridized carbons (Fsp3) is 0.125. The smallest absolute Gasteiger partial charge is 0.0455 e. The van der Waals surface area contributed by atoms with Gasteiger partial charge in [-0.2, -0.15) is 0 Å². The van der Waals surface area contributed by atoms with Crippen LogP contribution < -0.4 is 5.73 Å². The summed E-state index contributed by atoms with van der Waals surface area (Å²) in [5, 5.41) is 2.44. The largest absolute Gasteiger partial charge is 0.398 e. The van der Waals surface area contributed by atoms with E-state index < -0.39 is 0 Å². The summed E-state index contributed by atoms with van der Waals surface area (Å²) in [5.74, 6) is 0. The van der Waals surface area contributed by atoms with Crippen LogP contribution in [0.5, 0.6) is 0 Å². The number of nitrogens with two attached hydrogens (primary N) is 1. The topological polar surface area (TPSA) is 26.0 Å². The number of hydrogen-bond acceptors (Lipinski definition) is 2. The molecule has 1 nitrogen and oxygen atoms in total. The lowest BCUT2D eigenvalue weighted by molar-refractivity contribution is 0.759. The van der Waals surface area contributed by atoms with Crippen molar-refractivity contribution in [3.8, 4) is 11.1 Å². The van der Waals surface area contributed by atoms with Crippen LogP contribution >= 0.6 is 11.8 Å². The third-order valence-electron chi connectivity index (χ3n) is 6.35. The molecule has 0 saturated carbocycles. The summed E-state index contributed by atoms with van der Waals surface area (Å²) in [6, 6.07) is 30.1. The van der Waals surface area contributed by atoms with E-state index in [2.05, 4.69) is 85.5 Å². The minimum Gasteiger partial charge on any atom is -0.398 e. The molecule has 0 bridgehead atoms. The average Bonchev–Trinajstić information content (AvgIpc) is 2.85. The maximum Gasteiger partial charge on any atom is 0.0455 e. The number of nitrogen functional groups attached to an aromatic ring is 1. The van der Waals surface area contributed by atoms with Gasteiger partial charge >= 0.3 is 0 Å². The molecular weight excluding hydrogens is 430 g/mol. The first kappa shape index (κ1) is 22.3. The summed E-state index contributed by atoms with van der Waals surface area (Å²) >= 11 is 1.62. The van der Waals surface area contributed by atoms with Gasteiger partial charge in [0.25, 0.3) is 0 Å². The van der Waals surface area contributed by atoms with Gasteiger partial charge in [0.1, 0.15) is 0 Å². The molecule has 0 atom stereocenters. The molecule has 1 aliphatic rings. The Hall–Kier alpha value is -3.49. The van der Waals surface area contributed by atoms with E-state index in [9.17, 15) is 0 Å². The SMILES string of the molecule is C=C(Sc1ccccc1N)c1ccc2cc(-c3ccc(C4=CCCCCC=C4)cc3)ccc2c1. The van der Waals surface area contributed by atoms with Crippen LogP contribution in [0.25, 0.3) is 32.4 Å². The third-order valence-corrected chi connectivity index (χ3v) is 7.43. The molecule has 0 aromatic heterocycles. The molecule has 0 amide bonds. The fourth-order valence-corrected chi connectivity index (χ4v) is 5.22. The van der Waals surface area contributed by atoms with E-state index in [1.54, 1.807) is 11.8 Å². The molecule has 2 heteroatoms. The van der Waals surface area contributed by atoms with Crippen molar-refractivity contribution in [2.45, 2.75) is 30.6 Å². The lowest BCUT2D eigenvalue weighted by Crippen LogP contribution is -1.88. The van der Waals surface area contributed by atoms with E-state index in [4.69, 9.17) is 5.73 Å². The first-order chi connectivity index (χ1) is 16.7. The lowest BCUT2D eigenvalue weighted by Gasteiger charge is -2.11. The van der Waals surface area contributed by atoms with E-state index in [0.29, 0.717) is 0 Å². The fourth-order valence-electron chi connectivity index (χ4n) is 4.38. The Morgan fingerprint density at radius 1 is 0.735 bits per heavy atom. The highest BCUT2D eigenvalue weighted by Crippen LogP contribution is 2.37. The molecule has 0 radical (unpaired) electrons. The number of rotatable bonds is 5. The molecule has 0 spiro atoms. The van der Waals surface area contributed by atoms with Gasteiger partial charge in [-0.05, 0) is 88.5 Å². The number of fused-ring (bicyclic) bond motifs is 1. The highest BCUT2D eigenvalue weighted by Gasteiger charge is 2.07. The molecule has 34 heavy (non-hydrogen) atoms. The molecule has 5 rings (SSSR count). The molecular formula is C32H29NS. The van der Waals surface area contributed by atoms with E-state index in [1.807, 2.05) is 24.3 Å². The Balaban J connectivity index is 1.36. The number of thioether (sulfide) groups is 1. The Bertz CT molecular complexity index is 1390.